The second-order valence-electron chi connectivity index (χ2n) is 7.53. The number of pyridine rings is 1. The van der Waals surface area contributed by atoms with Crippen molar-refractivity contribution in [1.29, 1.82) is 0 Å². The zero-order valence-corrected chi connectivity index (χ0v) is 21.0. The number of carbonyl (C=O) groups excluding carboxylic acids is 2. The van der Waals surface area contributed by atoms with Crippen molar-refractivity contribution in [3.05, 3.63) is 86.9 Å². The average Bonchev–Trinajstić information content (AvgIpc) is 3.37. The number of fused-ring (bicyclic) bond motifs is 1. The van der Waals surface area contributed by atoms with Crippen LogP contribution in [0.1, 0.15) is 17.2 Å². The molecule has 5 rings (SSSR count). The monoisotopic (exact) mass is 573 g/mol. The van der Waals surface area contributed by atoms with E-state index in [1.54, 1.807) is 30.3 Å². The number of Topliss-reactive ketones (excluding diaryl/α,β-unsaturated/α-hetero) is 1. The molecule has 0 bridgehead atoms. The van der Waals surface area contributed by atoms with Crippen molar-refractivity contribution in [3.63, 3.8) is 0 Å². The number of amides is 1. The van der Waals surface area contributed by atoms with Crippen molar-refractivity contribution >= 4 is 71.7 Å². The minimum Gasteiger partial charge on any atom is -0.507 e. The van der Waals surface area contributed by atoms with Crippen LogP contribution in [0.3, 0.4) is 0 Å². The lowest BCUT2D eigenvalue weighted by Gasteiger charge is -2.22. The van der Waals surface area contributed by atoms with Gasteiger partial charge in [-0.25, -0.2) is 9.37 Å². The number of methoxy groups -OCH3 is 1. The van der Waals surface area contributed by atoms with E-state index in [0.717, 1.165) is 11.3 Å². The first-order valence-electron chi connectivity index (χ1n) is 10.1. The Morgan fingerprint density at radius 3 is 2.63 bits per heavy atom. The number of aliphatic hydroxyl groups is 1. The summed E-state index contributed by atoms with van der Waals surface area (Å²) in [5, 5.41) is 11.3. The number of hydrogen-bond donors (Lipinski definition) is 1. The fourth-order valence-corrected chi connectivity index (χ4v) is 5.57. The Bertz CT molecular complexity index is 1500. The first-order valence-corrected chi connectivity index (χ1v) is 12.1. The molecule has 1 amide bonds. The third-order valence-corrected chi connectivity index (χ3v) is 7.44. The highest BCUT2D eigenvalue weighted by Crippen LogP contribution is 2.45. The molecule has 176 valence electrons. The van der Waals surface area contributed by atoms with Crippen molar-refractivity contribution in [2.24, 2.45) is 0 Å². The van der Waals surface area contributed by atoms with Crippen molar-refractivity contribution < 1.29 is 23.8 Å². The number of nitrogens with zero attached hydrogens (tertiary/aromatic N) is 3. The summed E-state index contributed by atoms with van der Waals surface area (Å²) < 4.78 is 20.3. The largest absolute Gasteiger partial charge is 0.507 e. The fraction of sp³-hybridized carbons (Fsp3) is 0.0833. The van der Waals surface area contributed by atoms with Crippen LogP contribution in [-0.4, -0.2) is 33.9 Å². The van der Waals surface area contributed by atoms with Crippen LogP contribution in [0.15, 0.2) is 64.9 Å². The summed E-state index contributed by atoms with van der Waals surface area (Å²) in [6.45, 7) is 0. The summed E-state index contributed by atoms with van der Waals surface area (Å²) in [5.41, 5.74) is 1.12. The predicted octanol–water partition coefficient (Wildman–Crippen LogP) is 5.88. The molecule has 4 aromatic rings. The van der Waals surface area contributed by atoms with Gasteiger partial charge in [-0.05, 0) is 64.0 Å². The minimum atomic E-state index is -0.986. The molecule has 2 aromatic heterocycles. The smallest absolute Gasteiger partial charge is 0.301 e. The number of thiazole rings is 1. The van der Waals surface area contributed by atoms with E-state index in [-0.39, 0.29) is 21.5 Å². The van der Waals surface area contributed by atoms with Gasteiger partial charge < -0.3 is 9.84 Å². The molecular weight excluding hydrogens is 561 g/mol. The Kier molecular flexibility index (Phi) is 6.04. The number of hydrogen-bond acceptors (Lipinski definition) is 7. The van der Waals surface area contributed by atoms with Crippen molar-refractivity contribution in [3.8, 4) is 5.75 Å². The van der Waals surface area contributed by atoms with Crippen molar-refractivity contribution in [2.45, 2.75) is 6.04 Å². The highest BCUT2D eigenvalue weighted by atomic mass is 79.9. The van der Waals surface area contributed by atoms with Crippen molar-refractivity contribution in [1.82, 2.24) is 9.97 Å². The molecule has 1 N–H and O–H groups in total. The lowest BCUT2D eigenvalue weighted by atomic mass is 9.96. The molecular formula is C24H14BrClFN3O4S. The molecule has 7 nitrogen and oxygen atoms in total. The molecule has 3 heterocycles. The molecule has 0 aliphatic carbocycles. The first kappa shape index (κ1) is 23.4. The summed E-state index contributed by atoms with van der Waals surface area (Å²) >= 11 is 10.3. The lowest BCUT2D eigenvalue weighted by molar-refractivity contribution is -0.132. The van der Waals surface area contributed by atoms with Crippen LogP contribution in [0.25, 0.3) is 16.0 Å². The summed E-state index contributed by atoms with van der Waals surface area (Å²) in [6.07, 6.45) is 3.04. The molecule has 1 fully saturated rings. The molecule has 0 saturated carbocycles. The number of aliphatic hydroxyl groups excluding tert-OH is 1. The second kappa shape index (κ2) is 9.03. The van der Waals surface area contributed by atoms with E-state index in [4.69, 9.17) is 16.3 Å². The minimum absolute atomic E-state index is 0.104. The van der Waals surface area contributed by atoms with Crippen LogP contribution < -0.4 is 9.64 Å². The van der Waals surface area contributed by atoms with Gasteiger partial charge in [0.2, 0.25) is 0 Å². The molecule has 1 atom stereocenters. The van der Waals surface area contributed by atoms with E-state index in [2.05, 4.69) is 25.9 Å². The number of aromatic nitrogens is 2. The van der Waals surface area contributed by atoms with E-state index >= 15 is 0 Å². The van der Waals surface area contributed by atoms with Gasteiger partial charge in [-0.3, -0.25) is 19.5 Å². The van der Waals surface area contributed by atoms with E-state index in [9.17, 15) is 19.1 Å². The van der Waals surface area contributed by atoms with Gasteiger partial charge in [0, 0.05) is 18.0 Å². The number of carbonyl (C=O) groups is 2. The molecule has 1 unspecified atom stereocenters. The number of rotatable bonds is 4. The van der Waals surface area contributed by atoms with Gasteiger partial charge >= 0.3 is 5.91 Å². The highest BCUT2D eigenvalue weighted by molar-refractivity contribution is 9.10. The molecule has 0 spiro atoms. The zero-order valence-electron chi connectivity index (χ0n) is 17.8. The Hall–Kier alpha value is -3.34. The third kappa shape index (κ3) is 3.97. The van der Waals surface area contributed by atoms with Crippen LogP contribution in [-0.2, 0) is 9.59 Å². The predicted molar refractivity (Wildman–Crippen MR) is 134 cm³/mol. The van der Waals surface area contributed by atoms with E-state index < -0.39 is 23.5 Å². The SMILES string of the molecule is COc1ccc(/C(O)=C2\C(=O)C(=O)N(c3nc4cc(Cl)c(F)cc4s3)C2c2ccncc2)cc1Br. The number of halogens is 3. The van der Waals surface area contributed by atoms with E-state index in [1.807, 2.05) is 0 Å². The lowest BCUT2D eigenvalue weighted by Crippen LogP contribution is -2.29. The normalized spacial score (nSPS) is 17.4. The maximum Gasteiger partial charge on any atom is 0.301 e. The number of benzene rings is 2. The van der Waals surface area contributed by atoms with Gasteiger partial charge in [0.15, 0.2) is 5.13 Å². The third-order valence-electron chi connectivity index (χ3n) is 5.52. The molecule has 0 radical (unpaired) electrons. The topological polar surface area (TPSA) is 92.6 Å². The Balaban J connectivity index is 1.71. The molecule has 1 saturated heterocycles. The fourth-order valence-electron chi connectivity index (χ4n) is 3.87. The maximum absolute atomic E-state index is 14.0. The van der Waals surface area contributed by atoms with Crippen LogP contribution in [0, 0.1) is 5.82 Å². The molecule has 1 aliphatic heterocycles. The number of anilines is 1. The van der Waals surface area contributed by atoms with Gasteiger partial charge in [-0.1, -0.05) is 22.9 Å². The number of ketones is 1. The average molecular weight is 575 g/mol. The van der Waals surface area contributed by atoms with Crippen molar-refractivity contribution in [2.75, 3.05) is 12.0 Å². The van der Waals surface area contributed by atoms with E-state index in [1.165, 1.54) is 36.5 Å². The van der Waals surface area contributed by atoms with Crippen LogP contribution in [0.2, 0.25) is 5.02 Å². The summed E-state index contributed by atoms with van der Waals surface area (Å²) in [7, 11) is 1.51. The highest BCUT2D eigenvalue weighted by Gasteiger charge is 2.48. The van der Waals surface area contributed by atoms with Gasteiger partial charge in [0.1, 0.15) is 17.3 Å². The summed E-state index contributed by atoms with van der Waals surface area (Å²) in [4.78, 5) is 36.2. The Labute approximate surface area is 215 Å². The van der Waals surface area contributed by atoms with Gasteiger partial charge in [-0.2, -0.15) is 0 Å². The van der Waals surface area contributed by atoms with Crippen LogP contribution in [0.4, 0.5) is 9.52 Å². The number of ether oxygens (including phenoxy) is 1. The van der Waals surface area contributed by atoms with Crippen LogP contribution >= 0.6 is 38.9 Å². The molecule has 1 aliphatic rings. The Morgan fingerprint density at radius 1 is 1.20 bits per heavy atom. The maximum atomic E-state index is 14.0. The molecule has 2 aromatic carbocycles. The first-order chi connectivity index (χ1) is 16.8. The van der Waals surface area contributed by atoms with Gasteiger partial charge in [-0.15, -0.1) is 0 Å². The van der Waals surface area contributed by atoms with Gasteiger partial charge in [0.25, 0.3) is 5.78 Å². The second-order valence-corrected chi connectivity index (χ2v) is 9.80. The quantitative estimate of drug-likeness (QED) is 0.186. The van der Waals surface area contributed by atoms with Gasteiger partial charge in [0.05, 0.1) is 38.4 Å². The Morgan fingerprint density at radius 2 is 1.94 bits per heavy atom. The molecule has 11 heteroatoms. The molecule has 35 heavy (non-hydrogen) atoms. The zero-order chi connectivity index (χ0) is 24.9. The van der Waals surface area contributed by atoms with Crippen LogP contribution in [0.5, 0.6) is 5.75 Å². The summed E-state index contributed by atoms with van der Waals surface area (Å²) in [5.74, 6) is -2.18. The van der Waals surface area contributed by atoms with E-state index in [0.29, 0.717) is 31.6 Å². The standard InChI is InChI=1S/C24H14BrClFN3O4S/c1-34-17-3-2-12(8-13(17)25)21(31)19-20(11-4-6-28-7-5-11)30(23(33)22(19)32)24-29-16-9-14(26)15(27)10-18(16)35-24/h2-10,20,31H,1H3/b21-19+. The summed E-state index contributed by atoms with van der Waals surface area (Å²) in [6, 6.07) is 9.69.